The third-order valence-electron chi connectivity index (χ3n) is 6.73. The number of amides is 2. The first-order chi connectivity index (χ1) is 16.9. The molecule has 0 aliphatic heterocycles. The summed E-state index contributed by atoms with van der Waals surface area (Å²) in [6, 6.07) is 20.2. The van der Waals surface area contributed by atoms with Gasteiger partial charge < -0.3 is 20.5 Å². The highest BCUT2D eigenvalue weighted by atomic mass is 35.5. The lowest BCUT2D eigenvalue weighted by molar-refractivity contribution is -0.125. The summed E-state index contributed by atoms with van der Waals surface area (Å²) in [6.07, 6.45) is 1.01. The van der Waals surface area contributed by atoms with Crippen molar-refractivity contribution in [1.82, 2.24) is 5.32 Å². The molecule has 2 aliphatic rings. The lowest BCUT2D eigenvalue weighted by Crippen LogP contribution is -2.61. The Morgan fingerprint density at radius 1 is 0.971 bits per heavy atom. The molecule has 3 N–H and O–H groups in total. The molecule has 3 aromatic carbocycles. The van der Waals surface area contributed by atoms with Crippen LogP contribution in [0, 0.1) is 0 Å². The summed E-state index contributed by atoms with van der Waals surface area (Å²) in [7, 11) is 0. The summed E-state index contributed by atoms with van der Waals surface area (Å²) in [4.78, 5) is 37.1. The minimum absolute atomic E-state index is 0.0417. The van der Waals surface area contributed by atoms with Crippen molar-refractivity contribution in [3.63, 3.8) is 0 Å². The maximum absolute atomic E-state index is 13.1. The first-order valence-corrected chi connectivity index (χ1v) is 11.7. The molecule has 0 atom stereocenters. The lowest BCUT2D eigenvalue weighted by Gasteiger charge is -2.40. The highest BCUT2D eigenvalue weighted by molar-refractivity contribution is 6.31. The molecule has 8 heteroatoms. The Labute approximate surface area is 207 Å². The van der Waals surface area contributed by atoms with Gasteiger partial charge in [-0.2, -0.15) is 0 Å². The summed E-state index contributed by atoms with van der Waals surface area (Å²) in [5.74, 6) is -1.67. The molecule has 2 amide bonds. The number of fused-ring (bicyclic) bond motifs is 3. The predicted molar refractivity (Wildman–Crippen MR) is 132 cm³/mol. The summed E-state index contributed by atoms with van der Waals surface area (Å²) < 4.78 is 5.61. The van der Waals surface area contributed by atoms with Crippen LogP contribution in [0.4, 0.5) is 10.5 Å². The molecule has 0 heterocycles. The molecule has 5 rings (SSSR count). The van der Waals surface area contributed by atoms with E-state index in [2.05, 4.69) is 22.8 Å². The van der Waals surface area contributed by atoms with E-state index < -0.39 is 23.5 Å². The van der Waals surface area contributed by atoms with Crippen molar-refractivity contribution in [2.75, 3.05) is 11.9 Å². The zero-order valence-corrected chi connectivity index (χ0v) is 19.5. The number of halogens is 1. The second-order valence-corrected chi connectivity index (χ2v) is 9.31. The molecule has 178 valence electrons. The maximum Gasteiger partial charge on any atom is 0.408 e. The average molecular weight is 491 g/mol. The number of rotatable bonds is 6. The topological polar surface area (TPSA) is 105 Å². The van der Waals surface area contributed by atoms with Crippen LogP contribution in [-0.2, 0) is 9.53 Å². The number of carboxylic acids is 1. The van der Waals surface area contributed by atoms with E-state index in [1.165, 1.54) is 18.2 Å². The van der Waals surface area contributed by atoms with Crippen molar-refractivity contribution in [3.8, 4) is 11.1 Å². The fraction of sp³-hybridized carbons (Fsp3) is 0.222. The van der Waals surface area contributed by atoms with Crippen LogP contribution in [-0.4, -0.2) is 35.2 Å². The van der Waals surface area contributed by atoms with E-state index in [0.29, 0.717) is 12.8 Å². The van der Waals surface area contributed by atoms with E-state index in [1.54, 1.807) is 0 Å². The van der Waals surface area contributed by atoms with Crippen LogP contribution in [0.1, 0.15) is 46.7 Å². The van der Waals surface area contributed by atoms with Gasteiger partial charge in [0.15, 0.2) is 0 Å². The average Bonchev–Trinajstić information content (AvgIpc) is 3.13. The Balaban J connectivity index is 1.27. The number of hydrogen-bond donors (Lipinski definition) is 3. The van der Waals surface area contributed by atoms with E-state index in [4.69, 9.17) is 16.3 Å². The molecule has 35 heavy (non-hydrogen) atoms. The molecule has 2 aliphatic carbocycles. The van der Waals surface area contributed by atoms with Gasteiger partial charge in [0.25, 0.3) is 0 Å². The number of carbonyl (C=O) groups excluding carboxylic acids is 2. The van der Waals surface area contributed by atoms with Crippen LogP contribution in [0.25, 0.3) is 11.1 Å². The Kier molecular flexibility index (Phi) is 5.94. The normalized spacial score (nSPS) is 15.3. The van der Waals surface area contributed by atoms with Crippen molar-refractivity contribution in [2.24, 2.45) is 0 Å². The summed E-state index contributed by atoms with van der Waals surface area (Å²) in [6.45, 7) is 0.147. The fourth-order valence-electron chi connectivity index (χ4n) is 4.81. The van der Waals surface area contributed by atoms with Crippen molar-refractivity contribution < 1.29 is 24.2 Å². The van der Waals surface area contributed by atoms with Crippen molar-refractivity contribution in [3.05, 3.63) is 88.4 Å². The van der Waals surface area contributed by atoms with Crippen LogP contribution in [0.5, 0.6) is 0 Å². The quantitative estimate of drug-likeness (QED) is 0.427. The van der Waals surface area contributed by atoms with Gasteiger partial charge in [0, 0.05) is 16.6 Å². The molecule has 0 bridgehead atoms. The van der Waals surface area contributed by atoms with Gasteiger partial charge in [0.05, 0.1) is 5.56 Å². The van der Waals surface area contributed by atoms with Gasteiger partial charge in [-0.05, 0) is 59.7 Å². The highest BCUT2D eigenvalue weighted by Crippen LogP contribution is 2.44. The van der Waals surface area contributed by atoms with E-state index in [1.807, 2.05) is 36.4 Å². The van der Waals surface area contributed by atoms with Crippen molar-refractivity contribution >= 4 is 35.3 Å². The first kappa shape index (κ1) is 22.9. The maximum atomic E-state index is 13.1. The third-order valence-corrected chi connectivity index (χ3v) is 6.95. The number of carbonyl (C=O) groups is 3. The minimum Gasteiger partial charge on any atom is -0.478 e. The summed E-state index contributed by atoms with van der Waals surface area (Å²) in [5, 5.41) is 14.9. The largest absolute Gasteiger partial charge is 0.478 e. The third kappa shape index (κ3) is 4.35. The van der Waals surface area contributed by atoms with E-state index in [0.717, 1.165) is 28.7 Å². The van der Waals surface area contributed by atoms with Gasteiger partial charge >= 0.3 is 12.1 Å². The smallest absolute Gasteiger partial charge is 0.408 e. The lowest BCUT2D eigenvalue weighted by atomic mass is 9.76. The minimum atomic E-state index is -1.15. The predicted octanol–water partition coefficient (Wildman–Crippen LogP) is 5.44. The molecule has 1 fully saturated rings. The number of carboxylic acid groups (broad SMARTS) is 1. The van der Waals surface area contributed by atoms with Gasteiger partial charge in [-0.25, -0.2) is 9.59 Å². The zero-order chi connectivity index (χ0) is 24.6. The molecule has 3 aromatic rings. The van der Waals surface area contributed by atoms with Crippen LogP contribution in [0.2, 0.25) is 5.02 Å². The van der Waals surface area contributed by atoms with Gasteiger partial charge in [-0.1, -0.05) is 60.1 Å². The monoisotopic (exact) mass is 490 g/mol. The van der Waals surface area contributed by atoms with E-state index in [9.17, 15) is 19.5 Å². The highest BCUT2D eigenvalue weighted by Gasteiger charge is 2.46. The molecule has 0 radical (unpaired) electrons. The van der Waals surface area contributed by atoms with Crippen LogP contribution >= 0.6 is 11.6 Å². The van der Waals surface area contributed by atoms with E-state index in [-0.39, 0.29) is 28.8 Å². The Morgan fingerprint density at radius 3 is 2.17 bits per heavy atom. The Morgan fingerprint density at radius 2 is 1.60 bits per heavy atom. The SMILES string of the molecule is O=C(NC1(C(=O)Nc2cc(Cl)cc(C(=O)O)c2)CCC1)OCC1c2ccccc2-c2ccccc21. The number of aromatic carboxylic acids is 1. The zero-order valence-electron chi connectivity index (χ0n) is 18.7. The number of hydrogen-bond acceptors (Lipinski definition) is 4. The Bertz CT molecular complexity index is 1290. The number of alkyl carbamates (subject to hydrolysis) is 1. The number of benzene rings is 3. The molecular weight excluding hydrogens is 468 g/mol. The molecule has 0 spiro atoms. The molecule has 0 unspecified atom stereocenters. The molecular formula is C27H23ClN2O5. The first-order valence-electron chi connectivity index (χ1n) is 11.3. The fourth-order valence-corrected chi connectivity index (χ4v) is 5.04. The van der Waals surface area contributed by atoms with Gasteiger partial charge in [-0.3, -0.25) is 4.79 Å². The second kappa shape index (κ2) is 9.07. The molecule has 0 aromatic heterocycles. The van der Waals surface area contributed by atoms with E-state index >= 15 is 0 Å². The standard InChI is InChI=1S/C27H23ClN2O5/c28-17-12-16(24(31)32)13-18(14-17)29-25(33)27(10-5-11-27)30-26(34)35-15-23-21-8-3-1-6-19(21)20-7-2-4-9-22(20)23/h1-4,6-9,12-14,23H,5,10-11,15H2,(H,29,33)(H,30,34)(H,31,32). The number of anilines is 1. The molecule has 0 saturated heterocycles. The summed E-state index contributed by atoms with van der Waals surface area (Å²) >= 11 is 5.99. The van der Waals surface area contributed by atoms with Crippen LogP contribution in [0.3, 0.4) is 0 Å². The summed E-state index contributed by atoms with van der Waals surface area (Å²) in [5.41, 5.74) is 3.57. The number of nitrogens with one attached hydrogen (secondary N) is 2. The van der Waals surface area contributed by atoms with Gasteiger partial charge in [-0.15, -0.1) is 0 Å². The second-order valence-electron chi connectivity index (χ2n) is 8.87. The molecule has 7 nitrogen and oxygen atoms in total. The Hall–Kier alpha value is -3.84. The van der Waals surface area contributed by atoms with Gasteiger partial charge in [0.1, 0.15) is 12.1 Å². The van der Waals surface area contributed by atoms with Crippen LogP contribution in [0.15, 0.2) is 66.7 Å². The van der Waals surface area contributed by atoms with Crippen molar-refractivity contribution in [1.29, 1.82) is 0 Å². The van der Waals surface area contributed by atoms with Gasteiger partial charge in [0.2, 0.25) is 5.91 Å². The van der Waals surface area contributed by atoms with Crippen molar-refractivity contribution in [2.45, 2.75) is 30.7 Å². The van der Waals surface area contributed by atoms with Crippen LogP contribution < -0.4 is 10.6 Å². The number of ether oxygens (including phenoxy) is 1. The molecule has 1 saturated carbocycles.